The third-order valence-electron chi connectivity index (χ3n) is 2.93. The molecule has 0 radical (unpaired) electrons. The molecule has 0 aromatic heterocycles. The van der Waals surface area contributed by atoms with Gasteiger partial charge in [-0.15, -0.1) is 0 Å². The minimum Gasteiger partial charge on any atom is -0.383 e. The first kappa shape index (κ1) is 16.9. The Labute approximate surface area is 121 Å². The third kappa shape index (κ3) is 3.92. The molecule has 0 saturated carbocycles. The molecule has 0 amide bonds. The molecule has 1 aromatic rings. The van der Waals surface area contributed by atoms with Crippen molar-refractivity contribution in [3.05, 3.63) is 24.3 Å². The summed E-state index contributed by atoms with van der Waals surface area (Å²) in [4.78, 5) is 2.22. The van der Waals surface area contributed by atoms with Gasteiger partial charge in [-0.05, 0) is 12.1 Å². The number of nitrogens with zero attached hydrogens (tertiary/aromatic N) is 2. The molecule has 7 heteroatoms. The van der Waals surface area contributed by atoms with Crippen LogP contribution in [0, 0.1) is 0 Å². The highest BCUT2D eigenvalue weighted by atomic mass is 32.2. The largest absolute Gasteiger partial charge is 0.383 e. The van der Waals surface area contributed by atoms with E-state index in [9.17, 15) is 8.42 Å². The van der Waals surface area contributed by atoms with E-state index in [1.807, 2.05) is 11.0 Å². The van der Waals surface area contributed by atoms with Crippen molar-refractivity contribution < 1.29 is 13.2 Å². The SMILES string of the molecule is COCCN(CCN)c1ccccc1S(=O)(=O)N(C)C. The van der Waals surface area contributed by atoms with E-state index in [2.05, 4.69) is 0 Å². The maximum absolute atomic E-state index is 12.4. The van der Waals surface area contributed by atoms with E-state index in [1.165, 1.54) is 18.4 Å². The molecular formula is C13H23N3O3S. The van der Waals surface area contributed by atoms with Crippen molar-refractivity contribution in [2.45, 2.75) is 4.90 Å². The zero-order valence-electron chi connectivity index (χ0n) is 12.2. The van der Waals surface area contributed by atoms with Gasteiger partial charge in [0, 0.05) is 40.8 Å². The van der Waals surface area contributed by atoms with E-state index in [0.29, 0.717) is 31.9 Å². The summed E-state index contributed by atoms with van der Waals surface area (Å²) in [6.45, 7) is 2.12. The zero-order valence-corrected chi connectivity index (χ0v) is 13.1. The maximum atomic E-state index is 12.4. The van der Waals surface area contributed by atoms with Crippen molar-refractivity contribution in [2.75, 3.05) is 52.3 Å². The molecule has 6 nitrogen and oxygen atoms in total. The van der Waals surface area contributed by atoms with Gasteiger partial charge in [0.2, 0.25) is 10.0 Å². The molecule has 0 spiro atoms. The fourth-order valence-corrected chi connectivity index (χ4v) is 2.95. The van der Waals surface area contributed by atoms with Crippen molar-refractivity contribution in [3.8, 4) is 0 Å². The average molecular weight is 301 g/mol. The number of hydrogen-bond donors (Lipinski definition) is 1. The van der Waals surface area contributed by atoms with Crippen LogP contribution in [0.4, 0.5) is 5.69 Å². The number of sulfonamides is 1. The molecule has 0 aliphatic rings. The highest BCUT2D eigenvalue weighted by Crippen LogP contribution is 2.26. The van der Waals surface area contributed by atoms with Crippen LogP contribution in [0.5, 0.6) is 0 Å². The zero-order chi connectivity index (χ0) is 15.2. The fraction of sp³-hybridized carbons (Fsp3) is 0.538. The smallest absolute Gasteiger partial charge is 0.244 e. The summed E-state index contributed by atoms with van der Waals surface area (Å²) in [6.07, 6.45) is 0. The monoisotopic (exact) mass is 301 g/mol. The van der Waals surface area contributed by atoms with Crippen LogP contribution >= 0.6 is 0 Å². The van der Waals surface area contributed by atoms with Crippen molar-refractivity contribution in [1.82, 2.24) is 4.31 Å². The Kier molecular flexibility index (Phi) is 6.41. The summed E-state index contributed by atoms with van der Waals surface area (Å²) in [5, 5.41) is 0. The number of anilines is 1. The quantitative estimate of drug-likeness (QED) is 0.750. The summed E-state index contributed by atoms with van der Waals surface area (Å²) in [6, 6.07) is 6.94. The number of benzene rings is 1. The molecule has 2 N–H and O–H groups in total. The Hall–Kier alpha value is -1.15. The Morgan fingerprint density at radius 1 is 1.20 bits per heavy atom. The second kappa shape index (κ2) is 7.58. The van der Waals surface area contributed by atoms with Crippen LogP contribution in [-0.2, 0) is 14.8 Å². The Morgan fingerprint density at radius 3 is 2.40 bits per heavy atom. The summed E-state index contributed by atoms with van der Waals surface area (Å²) in [7, 11) is 1.17. The molecule has 0 atom stereocenters. The standard InChI is InChI=1S/C13H23N3O3S/c1-15(2)20(17,18)13-7-5-4-6-12(13)16(9-8-14)10-11-19-3/h4-7H,8-11,14H2,1-3H3. The van der Waals surface area contributed by atoms with Gasteiger partial charge in [0.05, 0.1) is 12.3 Å². The molecule has 0 unspecified atom stereocenters. The summed E-state index contributed by atoms with van der Waals surface area (Å²) >= 11 is 0. The fourth-order valence-electron chi connectivity index (χ4n) is 1.84. The summed E-state index contributed by atoms with van der Waals surface area (Å²) in [5.41, 5.74) is 6.27. The number of hydrogen-bond acceptors (Lipinski definition) is 5. The lowest BCUT2D eigenvalue weighted by molar-refractivity contribution is 0.205. The van der Waals surface area contributed by atoms with Gasteiger partial charge in [0.1, 0.15) is 4.90 Å². The molecule has 1 rings (SSSR count). The Balaban J connectivity index is 3.22. The first-order valence-electron chi connectivity index (χ1n) is 6.40. The Bertz CT molecular complexity index is 517. The average Bonchev–Trinajstić information content (AvgIpc) is 2.43. The molecule has 0 aliphatic heterocycles. The summed E-state index contributed by atoms with van der Waals surface area (Å²) < 4.78 is 31.0. The van der Waals surface area contributed by atoms with Gasteiger partial charge >= 0.3 is 0 Å². The first-order chi connectivity index (χ1) is 9.45. The molecule has 20 heavy (non-hydrogen) atoms. The van der Waals surface area contributed by atoms with E-state index < -0.39 is 10.0 Å². The second-order valence-corrected chi connectivity index (χ2v) is 6.64. The lowest BCUT2D eigenvalue weighted by Gasteiger charge is -2.27. The topological polar surface area (TPSA) is 75.9 Å². The van der Waals surface area contributed by atoms with Gasteiger partial charge in [0.25, 0.3) is 0 Å². The summed E-state index contributed by atoms with van der Waals surface area (Å²) in [5.74, 6) is 0. The van der Waals surface area contributed by atoms with Crippen LogP contribution in [0.2, 0.25) is 0 Å². The van der Waals surface area contributed by atoms with E-state index in [4.69, 9.17) is 10.5 Å². The number of ether oxygens (including phenoxy) is 1. The first-order valence-corrected chi connectivity index (χ1v) is 7.84. The predicted molar refractivity (Wildman–Crippen MR) is 80.5 cm³/mol. The maximum Gasteiger partial charge on any atom is 0.244 e. The van der Waals surface area contributed by atoms with Gasteiger partial charge in [-0.2, -0.15) is 0 Å². The number of rotatable bonds is 8. The van der Waals surface area contributed by atoms with Gasteiger partial charge in [-0.3, -0.25) is 0 Å². The van der Waals surface area contributed by atoms with E-state index in [0.717, 1.165) is 0 Å². The van der Waals surface area contributed by atoms with Crippen molar-refractivity contribution in [3.63, 3.8) is 0 Å². The number of para-hydroxylation sites is 1. The van der Waals surface area contributed by atoms with Crippen LogP contribution in [0.25, 0.3) is 0 Å². The van der Waals surface area contributed by atoms with Crippen LogP contribution in [0.1, 0.15) is 0 Å². The van der Waals surface area contributed by atoms with Crippen molar-refractivity contribution in [2.24, 2.45) is 5.73 Å². The highest BCUT2D eigenvalue weighted by molar-refractivity contribution is 7.89. The molecule has 0 bridgehead atoms. The van der Waals surface area contributed by atoms with E-state index >= 15 is 0 Å². The van der Waals surface area contributed by atoms with Crippen molar-refractivity contribution >= 4 is 15.7 Å². The molecule has 0 heterocycles. The minimum atomic E-state index is -3.49. The third-order valence-corrected chi connectivity index (χ3v) is 4.79. The second-order valence-electron chi connectivity index (χ2n) is 4.52. The lowest BCUT2D eigenvalue weighted by Crippen LogP contribution is -2.34. The highest BCUT2D eigenvalue weighted by Gasteiger charge is 2.23. The Morgan fingerprint density at radius 2 is 1.85 bits per heavy atom. The molecule has 0 fully saturated rings. The van der Waals surface area contributed by atoms with Crippen LogP contribution < -0.4 is 10.6 Å². The van der Waals surface area contributed by atoms with Gasteiger partial charge in [-0.25, -0.2) is 12.7 Å². The van der Waals surface area contributed by atoms with Gasteiger partial charge in [-0.1, -0.05) is 12.1 Å². The molecule has 0 aliphatic carbocycles. The predicted octanol–water partition coefficient (Wildman–Crippen LogP) is 0.348. The van der Waals surface area contributed by atoms with Crippen LogP contribution in [0.15, 0.2) is 29.2 Å². The minimum absolute atomic E-state index is 0.287. The van der Waals surface area contributed by atoms with E-state index in [-0.39, 0.29) is 4.90 Å². The normalized spacial score (nSPS) is 11.8. The molecular weight excluding hydrogens is 278 g/mol. The number of nitrogens with two attached hydrogens (primary N) is 1. The molecule has 114 valence electrons. The lowest BCUT2D eigenvalue weighted by atomic mass is 10.3. The van der Waals surface area contributed by atoms with Gasteiger partial charge in [0.15, 0.2) is 0 Å². The van der Waals surface area contributed by atoms with Crippen LogP contribution in [0.3, 0.4) is 0 Å². The molecule has 0 saturated heterocycles. The number of methoxy groups -OCH3 is 1. The van der Waals surface area contributed by atoms with Gasteiger partial charge < -0.3 is 15.4 Å². The van der Waals surface area contributed by atoms with Crippen LogP contribution in [-0.4, -0.2) is 60.2 Å². The molecule has 1 aromatic carbocycles. The van der Waals surface area contributed by atoms with Crippen molar-refractivity contribution in [1.29, 1.82) is 0 Å². The van der Waals surface area contributed by atoms with E-state index in [1.54, 1.807) is 25.3 Å².